The zero-order valence-electron chi connectivity index (χ0n) is 17.5. The summed E-state index contributed by atoms with van der Waals surface area (Å²) in [6.45, 7) is 2.52. The Hall–Kier alpha value is -2.55. The van der Waals surface area contributed by atoms with Crippen molar-refractivity contribution in [3.05, 3.63) is 72.5 Å². The number of nitrogens with one attached hydrogen (secondary N) is 1. The highest BCUT2D eigenvalue weighted by molar-refractivity contribution is 7.21. The van der Waals surface area contributed by atoms with Crippen LogP contribution in [0, 0.1) is 6.92 Å². The van der Waals surface area contributed by atoms with E-state index in [-0.39, 0.29) is 11.5 Å². The summed E-state index contributed by atoms with van der Waals surface area (Å²) in [5.74, 6) is 0.570. The van der Waals surface area contributed by atoms with Gasteiger partial charge in [0.05, 0.1) is 10.3 Å². The van der Waals surface area contributed by atoms with Crippen LogP contribution in [0.25, 0.3) is 10.2 Å². The van der Waals surface area contributed by atoms with Gasteiger partial charge in [0.2, 0.25) is 0 Å². The Morgan fingerprint density at radius 1 is 1.22 bits per heavy atom. The number of carbonyl (C=O) groups excluding carboxylic acids is 1. The summed E-state index contributed by atoms with van der Waals surface area (Å²) in [4.78, 5) is 37.4. The number of anilines is 1. The van der Waals surface area contributed by atoms with Gasteiger partial charge < -0.3 is 0 Å². The molecule has 0 fully saturated rings. The number of aryl methyl sites for hydroxylation is 2. The second-order valence-corrected chi connectivity index (χ2v) is 10.4. The number of aromatic nitrogens is 3. The number of hydrogen-bond donors (Lipinski definition) is 1. The fourth-order valence-electron chi connectivity index (χ4n) is 4.06. The third-order valence-corrected chi connectivity index (χ3v) is 8.18. The molecule has 5 rings (SSSR count). The summed E-state index contributed by atoms with van der Waals surface area (Å²) in [6, 6.07) is 7.69. The molecule has 1 aromatic carbocycles. The molecule has 1 aliphatic heterocycles. The molecule has 0 aliphatic carbocycles. The highest BCUT2D eigenvalue weighted by atomic mass is 35.5. The molecule has 1 N–H and O–H groups in total. The molecule has 32 heavy (non-hydrogen) atoms. The van der Waals surface area contributed by atoms with Gasteiger partial charge in [-0.2, -0.15) is 0 Å². The van der Waals surface area contributed by atoms with E-state index in [0.717, 1.165) is 41.9 Å². The lowest BCUT2D eigenvalue weighted by atomic mass is 10.1. The normalized spacial score (nSPS) is 13.7. The molecule has 1 amide bonds. The van der Waals surface area contributed by atoms with Crippen LogP contribution >= 0.6 is 34.3 Å². The van der Waals surface area contributed by atoms with Crippen molar-refractivity contribution < 1.29 is 4.79 Å². The molecule has 0 bridgehead atoms. The Kier molecular flexibility index (Phi) is 5.84. The van der Waals surface area contributed by atoms with Crippen LogP contribution in [0.3, 0.4) is 0 Å². The maximum Gasteiger partial charge on any atom is 0.267 e. The Labute approximate surface area is 197 Å². The van der Waals surface area contributed by atoms with E-state index in [4.69, 9.17) is 16.6 Å². The fourth-order valence-corrected chi connectivity index (χ4v) is 6.18. The van der Waals surface area contributed by atoms with Crippen molar-refractivity contribution in [2.45, 2.75) is 45.6 Å². The van der Waals surface area contributed by atoms with Crippen LogP contribution in [0.1, 0.15) is 50.8 Å². The van der Waals surface area contributed by atoms with Gasteiger partial charge in [-0.1, -0.05) is 36.2 Å². The lowest BCUT2D eigenvalue weighted by Crippen LogP contribution is -2.24. The average molecular weight is 485 g/mol. The van der Waals surface area contributed by atoms with Crippen molar-refractivity contribution >= 4 is 55.5 Å². The molecule has 1 aliphatic rings. The SMILES string of the molecule is Cc1c(C(=O)Nc2ncc(Cc3ccccc3Cl)s2)sc2nc3n(c(=O)c12)CCCCC3. The zero-order chi connectivity index (χ0) is 22.2. The zero-order valence-corrected chi connectivity index (χ0v) is 19.9. The van der Waals surface area contributed by atoms with Gasteiger partial charge >= 0.3 is 0 Å². The van der Waals surface area contributed by atoms with E-state index < -0.39 is 0 Å². The van der Waals surface area contributed by atoms with E-state index >= 15 is 0 Å². The number of fused-ring (bicyclic) bond motifs is 2. The van der Waals surface area contributed by atoms with Crippen molar-refractivity contribution in [1.29, 1.82) is 0 Å². The molecule has 0 saturated heterocycles. The summed E-state index contributed by atoms with van der Waals surface area (Å²) in [7, 11) is 0. The van der Waals surface area contributed by atoms with Crippen LogP contribution in [-0.4, -0.2) is 20.4 Å². The minimum absolute atomic E-state index is 0.0315. The van der Waals surface area contributed by atoms with E-state index in [1.807, 2.05) is 31.2 Å². The molecule has 4 heterocycles. The Balaban J connectivity index is 1.40. The average Bonchev–Trinajstić information content (AvgIpc) is 3.25. The van der Waals surface area contributed by atoms with Gasteiger partial charge in [-0.25, -0.2) is 9.97 Å². The largest absolute Gasteiger partial charge is 0.297 e. The molecule has 4 aromatic rings. The first-order valence-electron chi connectivity index (χ1n) is 10.5. The lowest BCUT2D eigenvalue weighted by Gasteiger charge is -2.08. The van der Waals surface area contributed by atoms with Gasteiger partial charge in [-0.05, 0) is 37.0 Å². The molecule has 164 valence electrons. The van der Waals surface area contributed by atoms with Crippen molar-refractivity contribution in [3.63, 3.8) is 0 Å². The molecular formula is C23H21ClN4O2S2. The molecule has 3 aromatic heterocycles. The van der Waals surface area contributed by atoms with Crippen molar-refractivity contribution in [3.8, 4) is 0 Å². The van der Waals surface area contributed by atoms with E-state index in [2.05, 4.69) is 10.3 Å². The molecule has 9 heteroatoms. The number of rotatable bonds is 4. The quantitative estimate of drug-likeness (QED) is 0.418. The third kappa shape index (κ3) is 3.98. The number of halogens is 1. The number of benzene rings is 1. The van der Waals surface area contributed by atoms with Crippen LogP contribution in [-0.2, 0) is 19.4 Å². The summed E-state index contributed by atoms with van der Waals surface area (Å²) < 4.78 is 1.79. The van der Waals surface area contributed by atoms with Gasteiger partial charge in [0.1, 0.15) is 10.7 Å². The van der Waals surface area contributed by atoms with Gasteiger partial charge in [0, 0.05) is 35.5 Å². The minimum Gasteiger partial charge on any atom is -0.297 e. The number of nitrogens with zero attached hydrogens (tertiary/aromatic N) is 3. The van der Waals surface area contributed by atoms with Crippen LogP contribution in [0.2, 0.25) is 5.02 Å². The number of carbonyl (C=O) groups is 1. The molecule has 0 saturated carbocycles. The Morgan fingerprint density at radius 2 is 2.06 bits per heavy atom. The molecule has 0 radical (unpaired) electrons. The number of hydrogen-bond acceptors (Lipinski definition) is 6. The minimum atomic E-state index is -0.260. The predicted octanol–water partition coefficient (Wildman–Crippen LogP) is 5.45. The van der Waals surface area contributed by atoms with Crippen molar-refractivity contribution in [2.24, 2.45) is 0 Å². The summed E-state index contributed by atoms with van der Waals surface area (Å²) in [6.07, 6.45) is 6.34. The maximum absolute atomic E-state index is 13.1. The molecule has 6 nitrogen and oxygen atoms in total. The van der Waals surface area contributed by atoms with Crippen LogP contribution in [0.5, 0.6) is 0 Å². The number of thiophene rings is 1. The summed E-state index contributed by atoms with van der Waals surface area (Å²) >= 11 is 8.95. The molecule has 0 spiro atoms. The fraction of sp³-hybridized carbons (Fsp3) is 0.304. The molecule has 0 atom stereocenters. The summed E-state index contributed by atoms with van der Waals surface area (Å²) in [5.41, 5.74) is 1.67. The van der Waals surface area contributed by atoms with Gasteiger partial charge in [-0.3, -0.25) is 19.5 Å². The number of amides is 1. The Bertz CT molecular complexity index is 1390. The smallest absolute Gasteiger partial charge is 0.267 e. The first-order valence-corrected chi connectivity index (χ1v) is 12.5. The second kappa shape index (κ2) is 8.77. The van der Waals surface area contributed by atoms with Gasteiger partial charge in [-0.15, -0.1) is 22.7 Å². The van der Waals surface area contributed by atoms with Crippen LogP contribution in [0.4, 0.5) is 5.13 Å². The van der Waals surface area contributed by atoms with Crippen molar-refractivity contribution in [2.75, 3.05) is 5.32 Å². The second-order valence-electron chi connectivity index (χ2n) is 7.89. The topological polar surface area (TPSA) is 76.9 Å². The monoisotopic (exact) mass is 484 g/mol. The van der Waals surface area contributed by atoms with E-state index in [0.29, 0.717) is 43.8 Å². The standard InChI is InChI=1S/C23H21ClN4O2S2/c1-13-18-21(26-17-9-3-2-6-10-28(17)22(18)30)32-19(13)20(29)27-23-25-12-15(31-23)11-14-7-4-5-8-16(14)24/h4-5,7-8,12H,2-3,6,9-11H2,1H3,(H,25,27,29). The number of thiazole rings is 1. The first-order chi connectivity index (χ1) is 15.5. The third-order valence-electron chi connectivity index (χ3n) is 5.71. The highest BCUT2D eigenvalue weighted by Crippen LogP contribution is 2.30. The first kappa shape index (κ1) is 21.3. The van der Waals surface area contributed by atoms with Gasteiger partial charge in [0.15, 0.2) is 5.13 Å². The summed E-state index contributed by atoms with van der Waals surface area (Å²) in [5, 5.41) is 4.68. The maximum atomic E-state index is 13.1. The predicted molar refractivity (Wildman–Crippen MR) is 130 cm³/mol. The van der Waals surface area contributed by atoms with Crippen molar-refractivity contribution in [1.82, 2.24) is 14.5 Å². The van der Waals surface area contributed by atoms with Crippen LogP contribution in [0.15, 0.2) is 35.3 Å². The molecular weight excluding hydrogens is 464 g/mol. The lowest BCUT2D eigenvalue weighted by molar-refractivity contribution is 0.103. The Morgan fingerprint density at radius 3 is 2.91 bits per heavy atom. The highest BCUT2D eigenvalue weighted by Gasteiger charge is 2.23. The van der Waals surface area contributed by atoms with Crippen LogP contribution < -0.4 is 10.9 Å². The van der Waals surface area contributed by atoms with Gasteiger partial charge in [0.25, 0.3) is 11.5 Å². The van der Waals surface area contributed by atoms with E-state index in [1.165, 1.54) is 22.7 Å². The van der Waals surface area contributed by atoms with E-state index in [9.17, 15) is 9.59 Å². The van der Waals surface area contributed by atoms with E-state index in [1.54, 1.807) is 10.8 Å². The molecule has 0 unspecified atom stereocenters.